The van der Waals surface area contributed by atoms with E-state index in [1.54, 1.807) is 25.2 Å². The molecule has 24 heavy (non-hydrogen) atoms. The molecular weight excluding hydrogens is 318 g/mol. The maximum Gasteiger partial charge on any atom is 0.262 e. The third kappa shape index (κ3) is 3.19. The van der Waals surface area contributed by atoms with Crippen LogP contribution >= 0.6 is 0 Å². The van der Waals surface area contributed by atoms with Crippen LogP contribution in [0.3, 0.4) is 0 Å². The molecule has 0 spiro atoms. The van der Waals surface area contributed by atoms with Gasteiger partial charge in [-0.1, -0.05) is 6.07 Å². The van der Waals surface area contributed by atoms with E-state index in [2.05, 4.69) is 5.32 Å². The second kappa shape index (κ2) is 6.27. The van der Waals surface area contributed by atoms with Gasteiger partial charge >= 0.3 is 0 Å². The molecular formula is C17H14F2N2O3. The highest BCUT2D eigenvalue weighted by Crippen LogP contribution is 2.29. The van der Waals surface area contributed by atoms with Crippen LogP contribution in [0.5, 0.6) is 5.75 Å². The highest BCUT2D eigenvalue weighted by molar-refractivity contribution is 5.98. The van der Waals surface area contributed by atoms with Crippen LogP contribution in [0.4, 0.5) is 14.5 Å². The second-order valence-corrected chi connectivity index (χ2v) is 5.46. The van der Waals surface area contributed by atoms with E-state index in [4.69, 9.17) is 4.74 Å². The molecule has 0 aromatic heterocycles. The SMILES string of the molecule is CN(Cc1ccc(F)c(F)c1)C(=O)c1ccc2c(c1)OCC(=O)N2. The smallest absolute Gasteiger partial charge is 0.262 e. The van der Waals surface area contributed by atoms with Gasteiger partial charge in [0.15, 0.2) is 18.2 Å². The Morgan fingerprint density at radius 2 is 2.00 bits per heavy atom. The molecule has 0 unspecified atom stereocenters. The third-order valence-electron chi connectivity index (χ3n) is 3.61. The van der Waals surface area contributed by atoms with Gasteiger partial charge in [-0.2, -0.15) is 0 Å². The number of carbonyl (C=O) groups excluding carboxylic acids is 2. The molecule has 0 bridgehead atoms. The van der Waals surface area contributed by atoms with Gasteiger partial charge in [0.1, 0.15) is 5.75 Å². The molecule has 2 aromatic carbocycles. The van der Waals surface area contributed by atoms with E-state index in [0.29, 0.717) is 22.6 Å². The fourth-order valence-electron chi connectivity index (χ4n) is 2.41. The highest BCUT2D eigenvalue weighted by atomic mass is 19.2. The van der Waals surface area contributed by atoms with E-state index in [9.17, 15) is 18.4 Å². The number of nitrogens with one attached hydrogen (secondary N) is 1. The lowest BCUT2D eigenvalue weighted by molar-refractivity contribution is -0.118. The fraction of sp³-hybridized carbons (Fsp3) is 0.176. The van der Waals surface area contributed by atoms with Crippen molar-refractivity contribution >= 4 is 17.5 Å². The summed E-state index contributed by atoms with van der Waals surface area (Å²) in [6.07, 6.45) is 0. The minimum absolute atomic E-state index is 0.102. The van der Waals surface area contributed by atoms with E-state index < -0.39 is 11.6 Å². The predicted octanol–water partition coefficient (Wildman–Crippen LogP) is 2.57. The molecule has 5 nitrogen and oxygen atoms in total. The molecule has 2 aromatic rings. The van der Waals surface area contributed by atoms with Crippen LogP contribution in [-0.4, -0.2) is 30.4 Å². The molecule has 124 valence electrons. The summed E-state index contributed by atoms with van der Waals surface area (Å²) in [5.41, 5.74) is 1.35. The number of hydrogen-bond acceptors (Lipinski definition) is 3. The van der Waals surface area contributed by atoms with Gasteiger partial charge in [0.05, 0.1) is 5.69 Å². The Morgan fingerprint density at radius 3 is 2.75 bits per heavy atom. The number of fused-ring (bicyclic) bond motifs is 1. The summed E-state index contributed by atoms with van der Waals surface area (Å²) in [6.45, 7) is 0.0278. The number of nitrogens with zero attached hydrogens (tertiary/aromatic N) is 1. The number of ether oxygens (including phenoxy) is 1. The monoisotopic (exact) mass is 332 g/mol. The van der Waals surface area contributed by atoms with Crippen molar-refractivity contribution in [2.45, 2.75) is 6.54 Å². The van der Waals surface area contributed by atoms with Crippen molar-refractivity contribution in [1.82, 2.24) is 4.90 Å². The summed E-state index contributed by atoms with van der Waals surface area (Å²) in [5.74, 6) is -2.02. The normalized spacial score (nSPS) is 12.9. The summed E-state index contributed by atoms with van der Waals surface area (Å²) in [7, 11) is 1.56. The number of carbonyl (C=O) groups is 2. The van der Waals surface area contributed by atoms with Crippen molar-refractivity contribution in [3.8, 4) is 5.75 Å². The van der Waals surface area contributed by atoms with Gasteiger partial charge in [0.25, 0.3) is 11.8 Å². The van der Waals surface area contributed by atoms with Gasteiger partial charge in [-0.05, 0) is 35.9 Å². The Bertz CT molecular complexity index is 823. The first kappa shape index (κ1) is 15.9. The average Bonchev–Trinajstić information content (AvgIpc) is 2.57. The minimum Gasteiger partial charge on any atom is -0.482 e. The maximum absolute atomic E-state index is 13.2. The average molecular weight is 332 g/mol. The van der Waals surface area contributed by atoms with Gasteiger partial charge in [0, 0.05) is 19.2 Å². The molecule has 1 N–H and O–H groups in total. The van der Waals surface area contributed by atoms with E-state index in [1.807, 2.05) is 0 Å². The first-order valence-corrected chi connectivity index (χ1v) is 7.20. The van der Waals surface area contributed by atoms with Crippen molar-refractivity contribution in [2.75, 3.05) is 19.0 Å². The van der Waals surface area contributed by atoms with Crippen molar-refractivity contribution in [3.63, 3.8) is 0 Å². The first-order valence-electron chi connectivity index (χ1n) is 7.20. The molecule has 0 aliphatic carbocycles. The number of halogens is 2. The minimum atomic E-state index is -0.953. The summed E-state index contributed by atoms with van der Waals surface area (Å²) in [5, 5.41) is 2.64. The Kier molecular flexibility index (Phi) is 4.16. The Balaban J connectivity index is 1.76. The molecule has 3 rings (SSSR count). The Hall–Kier alpha value is -2.96. The van der Waals surface area contributed by atoms with E-state index in [1.165, 1.54) is 11.0 Å². The zero-order valence-corrected chi connectivity index (χ0v) is 12.8. The van der Waals surface area contributed by atoms with Gasteiger partial charge in [0.2, 0.25) is 0 Å². The molecule has 0 radical (unpaired) electrons. The first-order chi connectivity index (χ1) is 11.4. The quantitative estimate of drug-likeness (QED) is 0.940. The molecule has 0 saturated carbocycles. The van der Waals surface area contributed by atoms with E-state index >= 15 is 0 Å². The summed E-state index contributed by atoms with van der Waals surface area (Å²) in [4.78, 5) is 25.1. The molecule has 0 atom stereocenters. The van der Waals surface area contributed by atoms with Crippen LogP contribution in [0.2, 0.25) is 0 Å². The van der Waals surface area contributed by atoms with Crippen molar-refractivity contribution in [1.29, 1.82) is 0 Å². The largest absolute Gasteiger partial charge is 0.482 e. The van der Waals surface area contributed by atoms with Crippen LogP contribution in [0.25, 0.3) is 0 Å². The molecule has 0 saturated heterocycles. The lowest BCUT2D eigenvalue weighted by Gasteiger charge is -2.21. The van der Waals surface area contributed by atoms with E-state index in [-0.39, 0.29) is 25.0 Å². The van der Waals surface area contributed by atoms with E-state index in [0.717, 1.165) is 12.1 Å². The van der Waals surface area contributed by atoms with Gasteiger partial charge in [-0.25, -0.2) is 8.78 Å². The van der Waals surface area contributed by atoms with Crippen LogP contribution in [0.1, 0.15) is 15.9 Å². The zero-order valence-electron chi connectivity index (χ0n) is 12.8. The molecule has 7 heteroatoms. The highest BCUT2D eigenvalue weighted by Gasteiger charge is 2.19. The fourth-order valence-corrected chi connectivity index (χ4v) is 2.41. The molecule has 1 heterocycles. The maximum atomic E-state index is 13.2. The number of anilines is 1. The van der Waals surface area contributed by atoms with Crippen LogP contribution in [0.15, 0.2) is 36.4 Å². The standard InChI is InChI=1S/C17H14F2N2O3/c1-21(8-10-2-4-12(18)13(19)6-10)17(23)11-3-5-14-15(7-11)24-9-16(22)20-14/h2-7H,8-9H2,1H3,(H,20,22). The van der Waals surface area contributed by atoms with Crippen molar-refractivity contribution in [2.24, 2.45) is 0 Å². The topological polar surface area (TPSA) is 58.6 Å². The summed E-state index contributed by atoms with van der Waals surface area (Å²) >= 11 is 0. The van der Waals surface area contributed by atoms with Crippen LogP contribution < -0.4 is 10.1 Å². The number of hydrogen-bond donors (Lipinski definition) is 1. The van der Waals surface area contributed by atoms with Crippen LogP contribution in [-0.2, 0) is 11.3 Å². The lowest BCUT2D eigenvalue weighted by Crippen LogP contribution is -2.28. The number of amides is 2. The second-order valence-electron chi connectivity index (χ2n) is 5.46. The van der Waals surface area contributed by atoms with Gasteiger partial charge in [-0.15, -0.1) is 0 Å². The van der Waals surface area contributed by atoms with Crippen molar-refractivity contribution < 1.29 is 23.1 Å². The molecule has 1 aliphatic heterocycles. The summed E-state index contributed by atoms with van der Waals surface area (Å²) < 4.78 is 31.5. The lowest BCUT2D eigenvalue weighted by atomic mass is 10.1. The number of benzene rings is 2. The van der Waals surface area contributed by atoms with Gasteiger partial charge in [-0.3, -0.25) is 9.59 Å². The van der Waals surface area contributed by atoms with Crippen LogP contribution in [0, 0.1) is 11.6 Å². The molecule has 1 aliphatic rings. The van der Waals surface area contributed by atoms with Crippen molar-refractivity contribution in [3.05, 3.63) is 59.2 Å². The molecule has 2 amide bonds. The number of rotatable bonds is 3. The Morgan fingerprint density at radius 1 is 1.21 bits per heavy atom. The summed E-state index contributed by atoms with van der Waals surface area (Å²) in [6, 6.07) is 8.21. The third-order valence-corrected chi connectivity index (χ3v) is 3.61. The Labute approximate surface area is 136 Å². The van der Waals surface area contributed by atoms with Gasteiger partial charge < -0.3 is 15.0 Å². The predicted molar refractivity (Wildman–Crippen MR) is 82.7 cm³/mol. The molecule has 0 fully saturated rings. The zero-order chi connectivity index (χ0) is 17.3.